The van der Waals surface area contributed by atoms with Crippen molar-refractivity contribution in [3.05, 3.63) is 12.2 Å². The highest BCUT2D eigenvalue weighted by Crippen LogP contribution is 2.42. The first-order valence-electron chi connectivity index (χ1n) is 3.07. The standard InChI is InChI=1S/C7H11NO/c1-4(2)5-3-6(5)7(8)9/h5-6H,1,3H2,2H3,(H2,8,9). The first-order valence-corrected chi connectivity index (χ1v) is 3.07. The van der Waals surface area contributed by atoms with Crippen LogP contribution in [0.2, 0.25) is 0 Å². The van der Waals surface area contributed by atoms with E-state index in [1.165, 1.54) is 0 Å². The molecule has 2 heteroatoms. The third kappa shape index (κ3) is 1.12. The second-order valence-corrected chi connectivity index (χ2v) is 2.70. The van der Waals surface area contributed by atoms with E-state index in [1.54, 1.807) is 0 Å². The minimum atomic E-state index is -0.178. The molecule has 0 bridgehead atoms. The van der Waals surface area contributed by atoms with Gasteiger partial charge >= 0.3 is 0 Å². The average Bonchev–Trinajstić information content (AvgIpc) is 2.39. The van der Waals surface area contributed by atoms with Crippen molar-refractivity contribution in [2.45, 2.75) is 13.3 Å². The summed E-state index contributed by atoms with van der Waals surface area (Å²) < 4.78 is 0. The molecule has 0 spiro atoms. The zero-order valence-corrected chi connectivity index (χ0v) is 5.55. The molecule has 0 aliphatic heterocycles. The number of carbonyl (C=O) groups is 1. The van der Waals surface area contributed by atoms with Crippen LogP contribution in [0.5, 0.6) is 0 Å². The van der Waals surface area contributed by atoms with Crippen molar-refractivity contribution >= 4 is 5.91 Å². The number of hydrogen-bond donors (Lipinski definition) is 1. The van der Waals surface area contributed by atoms with E-state index in [-0.39, 0.29) is 11.8 Å². The van der Waals surface area contributed by atoms with E-state index in [0.29, 0.717) is 5.92 Å². The normalized spacial score (nSPS) is 31.7. The smallest absolute Gasteiger partial charge is 0.221 e. The highest BCUT2D eigenvalue weighted by atomic mass is 16.1. The molecule has 2 N–H and O–H groups in total. The molecule has 50 valence electrons. The predicted octanol–water partition coefficient (Wildman–Crippen LogP) is 0.684. The molecule has 1 rings (SSSR count). The Morgan fingerprint density at radius 1 is 1.67 bits per heavy atom. The summed E-state index contributed by atoms with van der Waals surface area (Å²) in [5, 5.41) is 0. The summed E-state index contributed by atoms with van der Waals surface area (Å²) in [4.78, 5) is 10.5. The van der Waals surface area contributed by atoms with Crippen molar-refractivity contribution in [2.24, 2.45) is 17.6 Å². The molecule has 0 radical (unpaired) electrons. The van der Waals surface area contributed by atoms with Gasteiger partial charge in [-0.25, -0.2) is 0 Å². The monoisotopic (exact) mass is 125 g/mol. The summed E-state index contributed by atoms with van der Waals surface area (Å²) in [6, 6.07) is 0. The van der Waals surface area contributed by atoms with Gasteiger partial charge in [-0.1, -0.05) is 12.2 Å². The maximum atomic E-state index is 10.5. The number of hydrogen-bond acceptors (Lipinski definition) is 1. The summed E-state index contributed by atoms with van der Waals surface area (Å²) in [7, 11) is 0. The van der Waals surface area contributed by atoms with Crippen molar-refractivity contribution < 1.29 is 4.79 Å². The molecule has 0 heterocycles. The van der Waals surface area contributed by atoms with E-state index in [4.69, 9.17) is 5.73 Å². The van der Waals surface area contributed by atoms with Crippen molar-refractivity contribution in [3.8, 4) is 0 Å². The molecule has 0 aromatic heterocycles. The van der Waals surface area contributed by atoms with Crippen LogP contribution in [-0.2, 0) is 4.79 Å². The minimum Gasteiger partial charge on any atom is -0.369 e. The predicted molar refractivity (Wildman–Crippen MR) is 35.6 cm³/mol. The lowest BCUT2D eigenvalue weighted by atomic mass is 10.2. The number of allylic oxidation sites excluding steroid dienone is 1. The summed E-state index contributed by atoms with van der Waals surface area (Å²) in [5.41, 5.74) is 6.13. The summed E-state index contributed by atoms with van der Waals surface area (Å²) >= 11 is 0. The van der Waals surface area contributed by atoms with Gasteiger partial charge in [-0.05, 0) is 19.3 Å². The molecule has 1 aliphatic rings. The highest BCUT2D eigenvalue weighted by molar-refractivity contribution is 5.80. The Morgan fingerprint density at radius 2 is 2.22 bits per heavy atom. The van der Waals surface area contributed by atoms with Gasteiger partial charge in [-0.2, -0.15) is 0 Å². The Labute approximate surface area is 54.7 Å². The van der Waals surface area contributed by atoms with Crippen LogP contribution >= 0.6 is 0 Å². The number of nitrogens with two attached hydrogens (primary N) is 1. The SMILES string of the molecule is C=C(C)C1CC1C(N)=O. The van der Waals surface area contributed by atoms with Crippen LogP contribution in [0.25, 0.3) is 0 Å². The third-order valence-electron chi connectivity index (χ3n) is 1.79. The molecule has 1 amide bonds. The molecule has 9 heavy (non-hydrogen) atoms. The second-order valence-electron chi connectivity index (χ2n) is 2.70. The third-order valence-corrected chi connectivity index (χ3v) is 1.79. The molecule has 1 saturated carbocycles. The lowest BCUT2D eigenvalue weighted by molar-refractivity contribution is -0.119. The molecule has 1 fully saturated rings. The molecule has 0 saturated heterocycles. The van der Waals surface area contributed by atoms with Gasteiger partial charge in [0.1, 0.15) is 0 Å². The van der Waals surface area contributed by atoms with Crippen LogP contribution in [0, 0.1) is 11.8 Å². The van der Waals surface area contributed by atoms with E-state index >= 15 is 0 Å². The van der Waals surface area contributed by atoms with Gasteiger partial charge in [0.2, 0.25) is 5.91 Å². The highest BCUT2D eigenvalue weighted by Gasteiger charge is 2.41. The lowest BCUT2D eigenvalue weighted by Crippen LogP contribution is -2.14. The lowest BCUT2D eigenvalue weighted by Gasteiger charge is -1.91. The maximum Gasteiger partial charge on any atom is 0.221 e. The molecule has 2 nitrogen and oxygen atoms in total. The van der Waals surface area contributed by atoms with Crippen LogP contribution in [0.4, 0.5) is 0 Å². The number of amides is 1. The zero-order chi connectivity index (χ0) is 7.02. The molecule has 0 aromatic rings. The van der Waals surface area contributed by atoms with Gasteiger partial charge in [-0.3, -0.25) is 4.79 Å². The first kappa shape index (κ1) is 6.33. The summed E-state index contributed by atoms with van der Waals surface area (Å²) in [5.74, 6) is 0.313. The average molecular weight is 125 g/mol. The number of rotatable bonds is 2. The topological polar surface area (TPSA) is 43.1 Å². The molecular weight excluding hydrogens is 114 g/mol. The van der Waals surface area contributed by atoms with Gasteiger partial charge in [0.15, 0.2) is 0 Å². The van der Waals surface area contributed by atoms with Crippen molar-refractivity contribution in [2.75, 3.05) is 0 Å². The van der Waals surface area contributed by atoms with Crippen LogP contribution < -0.4 is 5.73 Å². The Balaban J connectivity index is 2.42. The Morgan fingerprint density at radius 3 is 2.33 bits per heavy atom. The summed E-state index contributed by atoms with van der Waals surface area (Å²) in [6.45, 7) is 5.68. The van der Waals surface area contributed by atoms with E-state index in [2.05, 4.69) is 6.58 Å². The van der Waals surface area contributed by atoms with Crippen molar-refractivity contribution in [1.29, 1.82) is 0 Å². The van der Waals surface area contributed by atoms with Crippen LogP contribution in [0.1, 0.15) is 13.3 Å². The van der Waals surface area contributed by atoms with Gasteiger partial charge in [0.05, 0.1) is 0 Å². The number of carbonyl (C=O) groups excluding carboxylic acids is 1. The summed E-state index contributed by atoms with van der Waals surface area (Å²) in [6.07, 6.45) is 0.921. The van der Waals surface area contributed by atoms with Gasteiger partial charge in [0, 0.05) is 5.92 Å². The van der Waals surface area contributed by atoms with E-state index < -0.39 is 0 Å². The zero-order valence-electron chi connectivity index (χ0n) is 5.55. The van der Waals surface area contributed by atoms with Crippen LogP contribution in [0.15, 0.2) is 12.2 Å². The van der Waals surface area contributed by atoms with Crippen LogP contribution in [0.3, 0.4) is 0 Å². The maximum absolute atomic E-state index is 10.5. The molecule has 2 atom stereocenters. The molecule has 1 aliphatic carbocycles. The quantitative estimate of drug-likeness (QED) is 0.542. The van der Waals surface area contributed by atoms with Crippen molar-refractivity contribution in [3.63, 3.8) is 0 Å². The first-order chi connectivity index (χ1) is 4.13. The van der Waals surface area contributed by atoms with E-state index in [1.807, 2.05) is 6.92 Å². The Kier molecular flexibility index (Phi) is 1.31. The van der Waals surface area contributed by atoms with Crippen LogP contribution in [-0.4, -0.2) is 5.91 Å². The second kappa shape index (κ2) is 1.87. The largest absolute Gasteiger partial charge is 0.369 e. The molecular formula is C7H11NO. The van der Waals surface area contributed by atoms with E-state index in [9.17, 15) is 4.79 Å². The Hall–Kier alpha value is -0.790. The van der Waals surface area contributed by atoms with Gasteiger partial charge in [0.25, 0.3) is 0 Å². The fourth-order valence-corrected chi connectivity index (χ4v) is 1.05. The number of primary amides is 1. The molecule has 0 aromatic carbocycles. The minimum absolute atomic E-state index is 0.0995. The fourth-order valence-electron chi connectivity index (χ4n) is 1.05. The van der Waals surface area contributed by atoms with Gasteiger partial charge in [-0.15, -0.1) is 0 Å². The fraction of sp³-hybridized carbons (Fsp3) is 0.571. The van der Waals surface area contributed by atoms with Gasteiger partial charge < -0.3 is 5.73 Å². The van der Waals surface area contributed by atoms with E-state index in [0.717, 1.165) is 12.0 Å². The Bertz CT molecular complexity index is 144. The molecule has 2 unspecified atom stereocenters. The van der Waals surface area contributed by atoms with Crippen molar-refractivity contribution in [1.82, 2.24) is 0 Å².